The molecule has 2 N–H and O–H groups in total. The minimum absolute atomic E-state index is 0.0221. The van der Waals surface area contributed by atoms with E-state index in [-0.39, 0.29) is 18.6 Å². The molecule has 3 rings (SSSR count). The van der Waals surface area contributed by atoms with Crippen molar-refractivity contribution in [2.24, 2.45) is 0 Å². The Morgan fingerprint density at radius 2 is 1.83 bits per heavy atom. The van der Waals surface area contributed by atoms with Crippen LogP contribution in [0.15, 0.2) is 42.5 Å². The van der Waals surface area contributed by atoms with Gasteiger partial charge in [-0.3, -0.25) is 4.90 Å². The van der Waals surface area contributed by atoms with Crippen LogP contribution in [0.4, 0.5) is 19.3 Å². The van der Waals surface area contributed by atoms with Gasteiger partial charge in [-0.2, -0.15) is 0 Å². The molecule has 0 spiro atoms. The molecule has 1 fully saturated rings. The number of alkyl halides is 2. The van der Waals surface area contributed by atoms with E-state index >= 15 is 0 Å². The molecule has 0 saturated carbocycles. The summed E-state index contributed by atoms with van der Waals surface area (Å²) in [5, 5.41) is 7.89. The molecule has 0 aromatic heterocycles. The van der Waals surface area contributed by atoms with Crippen LogP contribution in [0.2, 0.25) is 0 Å². The first-order valence-corrected chi connectivity index (χ1v) is 8.17. The van der Waals surface area contributed by atoms with Crippen LogP contribution in [0.3, 0.4) is 0 Å². The van der Waals surface area contributed by atoms with E-state index in [1.807, 2.05) is 42.5 Å². The Hall–Kier alpha value is -2.21. The molecular formula is C18H21F2N3O. The maximum Gasteiger partial charge on any atom is 0.319 e. The highest BCUT2D eigenvalue weighted by Crippen LogP contribution is 2.23. The SMILES string of the molecule is O=C(Nc1cccc2ccccc12)NC1CCN(CC(F)F)CC1. The normalized spacial score (nSPS) is 16.5. The summed E-state index contributed by atoms with van der Waals surface area (Å²) in [4.78, 5) is 14.0. The number of anilines is 1. The van der Waals surface area contributed by atoms with Gasteiger partial charge in [-0.05, 0) is 24.3 Å². The van der Waals surface area contributed by atoms with Gasteiger partial charge in [0.15, 0.2) is 0 Å². The van der Waals surface area contributed by atoms with Crippen molar-refractivity contribution in [3.8, 4) is 0 Å². The highest BCUT2D eigenvalue weighted by Gasteiger charge is 2.22. The lowest BCUT2D eigenvalue weighted by Gasteiger charge is -2.32. The van der Waals surface area contributed by atoms with Crippen molar-refractivity contribution in [3.05, 3.63) is 42.5 Å². The summed E-state index contributed by atoms with van der Waals surface area (Å²) < 4.78 is 24.8. The minimum atomic E-state index is -2.30. The zero-order valence-corrected chi connectivity index (χ0v) is 13.3. The van der Waals surface area contributed by atoms with Crippen molar-refractivity contribution < 1.29 is 13.6 Å². The summed E-state index contributed by atoms with van der Waals surface area (Å²) in [6.07, 6.45) is -0.921. The van der Waals surface area contributed by atoms with Crippen molar-refractivity contribution in [1.29, 1.82) is 0 Å². The second-order valence-electron chi connectivity index (χ2n) is 6.09. The number of nitrogens with one attached hydrogen (secondary N) is 2. The monoisotopic (exact) mass is 333 g/mol. The Bertz CT molecular complexity index is 694. The minimum Gasteiger partial charge on any atom is -0.335 e. The number of likely N-dealkylation sites (tertiary alicyclic amines) is 1. The predicted octanol–water partition coefficient (Wildman–Crippen LogP) is 3.69. The molecule has 0 radical (unpaired) electrons. The lowest BCUT2D eigenvalue weighted by Crippen LogP contribution is -2.46. The largest absolute Gasteiger partial charge is 0.335 e. The number of nitrogens with zero attached hydrogens (tertiary/aromatic N) is 1. The van der Waals surface area contributed by atoms with E-state index in [1.165, 1.54) is 0 Å². The van der Waals surface area contributed by atoms with Crippen molar-refractivity contribution in [2.75, 3.05) is 25.0 Å². The molecule has 0 atom stereocenters. The van der Waals surface area contributed by atoms with E-state index < -0.39 is 6.43 Å². The highest BCUT2D eigenvalue weighted by molar-refractivity contribution is 6.01. The van der Waals surface area contributed by atoms with Gasteiger partial charge in [-0.1, -0.05) is 36.4 Å². The van der Waals surface area contributed by atoms with Crippen molar-refractivity contribution in [1.82, 2.24) is 10.2 Å². The van der Waals surface area contributed by atoms with Crippen molar-refractivity contribution >= 4 is 22.5 Å². The number of fused-ring (bicyclic) bond motifs is 1. The molecular weight excluding hydrogens is 312 g/mol. The number of carbonyl (C=O) groups is 1. The van der Waals surface area contributed by atoms with Crippen molar-refractivity contribution in [2.45, 2.75) is 25.3 Å². The van der Waals surface area contributed by atoms with Crippen LogP contribution in [-0.4, -0.2) is 43.0 Å². The first kappa shape index (κ1) is 16.6. The first-order chi connectivity index (χ1) is 11.6. The molecule has 6 heteroatoms. The fraction of sp³-hybridized carbons (Fsp3) is 0.389. The summed E-state index contributed by atoms with van der Waals surface area (Å²) in [5.41, 5.74) is 0.765. The Kier molecular flexibility index (Phi) is 5.25. The smallest absolute Gasteiger partial charge is 0.319 e. The third-order valence-electron chi connectivity index (χ3n) is 4.36. The van der Waals surface area contributed by atoms with Crippen LogP contribution in [0.25, 0.3) is 10.8 Å². The van der Waals surface area contributed by atoms with Gasteiger partial charge in [0, 0.05) is 24.5 Å². The first-order valence-electron chi connectivity index (χ1n) is 8.17. The van der Waals surface area contributed by atoms with Gasteiger partial charge in [0.05, 0.1) is 12.2 Å². The highest BCUT2D eigenvalue weighted by atomic mass is 19.3. The second kappa shape index (κ2) is 7.57. The van der Waals surface area contributed by atoms with Crippen LogP contribution in [0, 0.1) is 0 Å². The molecule has 1 aliphatic rings. The molecule has 24 heavy (non-hydrogen) atoms. The maximum atomic E-state index is 12.4. The fourth-order valence-electron chi connectivity index (χ4n) is 3.13. The van der Waals surface area contributed by atoms with Crippen LogP contribution >= 0.6 is 0 Å². The Labute approximate surface area is 139 Å². The van der Waals surface area contributed by atoms with E-state index in [4.69, 9.17) is 0 Å². The molecule has 1 saturated heterocycles. The molecule has 1 aliphatic heterocycles. The van der Waals surface area contributed by atoms with Gasteiger partial charge in [-0.25, -0.2) is 13.6 Å². The number of carbonyl (C=O) groups excluding carboxylic acids is 1. The number of urea groups is 1. The number of rotatable bonds is 4. The Balaban J connectivity index is 1.55. The molecule has 0 bridgehead atoms. The van der Waals surface area contributed by atoms with E-state index in [0.29, 0.717) is 25.9 Å². The summed E-state index contributed by atoms with van der Waals surface area (Å²) >= 11 is 0. The van der Waals surface area contributed by atoms with Gasteiger partial charge in [-0.15, -0.1) is 0 Å². The predicted molar refractivity (Wildman–Crippen MR) is 91.6 cm³/mol. The standard InChI is InChI=1S/C18H21F2N3O/c19-17(20)12-23-10-8-14(9-11-23)21-18(24)22-16-7-3-5-13-4-1-2-6-15(13)16/h1-7,14,17H,8-12H2,(H2,21,22,24). The number of halogens is 2. The average Bonchev–Trinajstić information content (AvgIpc) is 2.56. The van der Waals surface area contributed by atoms with Crippen LogP contribution < -0.4 is 10.6 Å². The average molecular weight is 333 g/mol. The number of hydrogen-bond acceptors (Lipinski definition) is 2. The molecule has 1 heterocycles. The Morgan fingerprint density at radius 3 is 2.58 bits per heavy atom. The molecule has 0 unspecified atom stereocenters. The lowest BCUT2D eigenvalue weighted by atomic mass is 10.1. The molecule has 2 amide bonds. The van der Waals surface area contributed by atoms with E-state index in [2.05, 4.69) is 10.6 Å². The topological polar surface area (TPSA) is 44.4 Å². The Morgan fingerprint density at radius 1 is 1.12 bits per heavy atom. The molecule has 0 aliphatic carbocycles. The van der Waals surface area contributed by atoms with Gasteiger partial charge >= 0.3 is 6.03 Å². The number of piperidine rings is 1. The van der Waals surface area contributed by atoms with Gasteiger partial charge < -0.3 is 10.6 Å². The van der Waals surface area contributed by atoms with Gasteiger partial charge in [0.25, 0.3) is 6.43 Å². The number of hydrogen-bond donors (Lipinski definition) is 2. The molecule has 128 valence electrons. The molecule has 2 aromatic rings. The lowest BCUT2D eigenvalue weighted by molar-refractivity contribution is 0.0739. The number of amides is 2. The summed E-state index contributed by atoms with van der Waals surface area (Å²) in [7, 11) is 0. The fourth-order valence-corrected chi connectivity index (χ4v) is 3.13. The van der Waals surface area contributed by atoms with Crippen LogP contribution in [0.1, 0.15) is 12.8 Å². The summed E-state index contributed by atoms with van der Waals surface area (Å²) in [6, 6.07) is 13.4. The van der Waals surface area contributed by atoms with E-state index in [9.17, 15) is 13.6 Å². The third kappa shape index (κ3) is 4.20. The van der Waals surface area contributed by atoms with Gasteiger partial charge in [0.1, 0.15) is 0 Å². The quantitative estimate of drug-likeness (QED) is 0.896. The zero-order valence-electron chi connectivity index (χ0n) is 13.3. The van der Waals surface area contributed by atoms with Gasteiger partial charge in [0.2, 0.25) is 0 Å². The maximum absolute atomic E-state index is 12.4. The number of benzene rings is 2. The van der Waals surface area contributed by atoms with Crippen molar-refractivity contribution in [3.63, 3.8) is 0 Å². The van der Waals surface area contributed by atoms with Crippen LogP contribution in [0.5, 0.6) is 0 Å². The summed E-state index contributed by atoms with van der Waals surface area (Å²) in [6.45, 7) is 0.988. The van der Waals surface area contributed by atoms with E-state index in [1.54, 1.807) is 4.90 Å². The van der Waals surface area contributed by atoms with E-state index in [0.717, 1.165) is 16.5 Å². The molecule has 4 nitrogen and oxygen atoms in total. The van der Waals surface area contributed by atoms with Crippen LogP contribution in [-0.2, 0) is 0 Å². The second-order valence-corrected chi connectivity index (χ2v) is 6.09. The zero-order chi connectivity index (χ0) is 16.9. The third-order valence-corrected chi connectivity index (χ3v) is 4.36. The summed E-state index contributed by atoms with van der Waals surface area (Å²) in [5.74, 6) is 0. The molecule has 2 aromatic carbocycles.